The number of allylic oxidation sites excluding steroid dienone is 1. The van der Waals surface area contributed by atoms with Gasteiger partial charge in [0.15, 0.2) is 22.9 Å². The number of pyridine rings is 1. The van der Waals surface area contributed by atoms with Crippen LogP contribution in [0.25, 0.3) is 11.6 Å². The second-order valence-corrected chi connectivity index (χ2v) is 6.22. The molecule has 0 aliphatic carbocycles. The van der Waals surface area contributed by atoms with Crippen molar-refractivity contribution in [1.82, 2.24) is 4.98 Å². The number of aromatic carboxylic acids is 1. The van der Waals surface area contributed by atoms with Crippen LogP contribution in [0, 0.1) is 0 Å². The highest BCUT2D eigenvalue weighted by molar-refractivity contribution is 6.21. The van der Waals surface area contributed by atoms with E-state index < -0.39 is 11.7 Å². The average molecular weight is 375 g/mol. The van der Waals surface area contributed by atoms with E-state index in [1.165, 1.54) is 0 Å². The number of nitrogens with zero attached hydrogens (tertiary/aromatic N) is 2. The first-order valence-corrected chi connectivity index (χ1v) is 8.71. The van der Waals surface area contributed by atoms with Gasteiger partial charge in [0.2, 0.25) is 5.88 Å². The monoisotopic (exact) mass is 375 g/mol. The van der Waals surface area contributed by atoms with E-state index in [0.29, 0.717) is 24.4 Å². The number of carboxylic acid groups (broad SMARTS) is 1. The molecule has 4 rings (SSSR count). The van der Waals surface area contributed by atoms with E-state index in [1.54, 1.807) is 24.6 Å². The Morgan fingerprint density at radius 3 is 2.79 bits per heavy atom. The zero-order chi connectivity index (χ0) is 19.5. The fraction of sp³-hybridized carbons (Fsp3) is 0.0952. The standard InChI is InChI=1S/C21H17N3O4/c25-18-16(11-14-12-24-19-15(14)7-4-9-22-19)28-20(17(18)21(26)27)23-10-8-13-5-2-1-3-6-13/h1-7,9,11-12,23,25H,8,10H2,(H,26,27). The lowest BCUT2D eigenvalue weighted by atomic mass is 10.1. The smallest absolute Gasteiger partial charge is 0.345 e. The molecule has 28 heavy (non-hydrogen) atoms. The van der Waals surface area contributed by atoms with Crippen molar-refractivity contribution in [3.63, 3.8) is 0 Å². The Morgan fingerprint density at radius 2 is 2.00 bits per heavy atom. The highest BCUT2D eigenvalue weighted by atomic mass is 16.4. The van der Waals surface area contributed by atoms with Crippen molar-refractivity contribution < 1.29 is 19.4 Å². The molecule has 0 spiro atoms. The number of carbonyl (C=O) groups is 1. The van der Waals surface area contributed by atoms with E-state index in [9.17, 15) is 15.0 Å². The molecule has 0 atom stereocenters. The molecule has 0 radical (unpaired) electrons. The molecule has 1 aromatic carbocycles. The van der Waals surface area contributed by atoms with Crippen molar-refractivity contribution in [2.75, 3.05) is 11.9 Å². The Bertz CT molecular complexity index is 1080. The van der Waals surface area contributed by atoms with Crippen LogP contribution in [0.15, 0.2) is 58.1 Å². The minimum absolute atomic E-state index is 0.0223. The van der Waals surface area contributed by atoms with Crippen LogP contribution in [-0.4, -0.2) is 33.9 Å². The van der Waals surface area contributed by atoms with Crippen molar-refractivity contribution in [3.8, 4) is 5.75 Å². The van der Waals surface area contributed by atoms with Gasteiger partial charge in [-0.25, -0.2) is 14.8 Å². The van der Waals surface area contributed by atoms with Crippen molar-refractivity contribution >= 4 is 35.5 Å². The summed E-state index contributed by atoms with van der Waals surface area (Å²) in [5.74, 6) is -1.05. The lowest BCUT2D eigenvalue weighted by molar-refractivity contribution is 0.0694. The zero-order valence-corrected chi connectivity index (χ0v) is 14.8. The molecule has 0 saturated heterocycles. The van der Waals surface area contributed by atoms with E-state index in [2.05, 4.69) is 15.3 Å². The van der Waals surface area contributed by atoms with Gasteiger partial charge in [0.25, 0.3) is 0 Å². The summed E-state index contributed by atoms with van der Waals surface area (Å²) >= 11 is 0. The predicted octanol–water partition coefficient (Wildman–Crippen LogP) is 3.99. The Labute approximate surface area is 160 Å². The van der Waals surface area contributed by atoms with Gasteiger partial charge >= 0.3 is 5.97 Å². The van der Waals surface area contributed by atoms with Crippen LogP contribution in [0.3, 0.4) is 0 Å². The van der Waals surface area contributed by atoms with Gasteiger partial charge < -0.3 is 19.9 Å². The van der Waals surface area contributed by atoms with Gasteiger partial charge in [0, 0.05) is 30.1 Å². The highest BCUT2D eigenvalue weighted by Crippen LogP contribution is 2.37. The highest BCUT2D eigenvalue weighted by Gasteiger charge is 2.25. The number of rotatable bonds is 6. The number of hydrogen-bond acceptors (Lipinski definition) is 6. The fourth-order valence-electron chi connectivity index (χ4n) is 3.01. The van der Waals surface area contributed by atoms with Crippen molar-refractivity contribution in [2.45, 2.75) is 6.42 Å². The summed E-state index contributed by atoms with van der Waals surface area (Å²) < 4.78 is 5.62. The minimum Gasteiger partial charge on any atom is -0.504 e. The van der Waals surface area contributed by atoms with Gasteiger partial charge in [-0.15, -0.1) is 0 Å². The summed E-state index contributed by atoms with van der Waals surface area (Å²) in [6.07, 6.45) is 5.48. The fourth-order valence-corrected chi connectivity index (χ4v) is 3.01. The summed E-state index contributed by atoms with van der Waals surface area (Å²) in [6, 6.07) is 13.4. The van der Waals surface area contributed by atoms with E-state index >= 15 is 0 Å². The molecule has 1 aliphatic heterocycles. The van der Waals surface area contributed by atoms with Crippen LogP contribution < -0.4 is 5.32 Å². The molecule has 7 nitrogen and oxygen atoms in total. The van der Waals surface area contributed by atoms with E-state index in [1.807, 2.05) is 36.4 Å². The summed E-state index contributed by atoms with van der Waals surface area (Å²) in [7, 11) is 0. The number of furan rings is 1. The van der Waals surface area contributed by atoms with E-state index in [4.69, 9.17) is 4.42 Å². The largest absolute Gasteiger partial charge is 0.504 e. The van der Waals surface area contributed by atoms with Crippen LogP contribution in [0.2, 0.25) is 0 Å². The van der Waals surface area contributed by atoms with Crippen LogP contribution in [0.1, 0.15) is 27.2 Å². The zero-order valence-electron chi connectivity index (χ0n) is 14.8. The summed E-state index contributed by atoms with van der Waals surface area (Å²) in [5, 5.41) is 22.8. The molecule has 0 unspecified atom stereocenters. The summed E-state index contributed by atoms with van der Waals surface area (Å²) in [4.78, 5) is 20.0. The lowest BCUT2D eigenvalue weighted by Crippen LogP contribution is -2.07. The maximum absolute atomic E-state index is 11.6. The molecule has 3 heterocycles. The number of fused-ring (bicyclic) bond motifs is 1. The Morgan fingerprint density at radius 1 is 1.18 bits per heavy atom. The number of carboxylic acids is 1. The van der Waals surface area contributed by atoms with Crippen LogP contribution in [-0.2, 0) is 6.42 Å². The molecule has 140 valence electrons. The average Bonchev–Trinajstić information content (AvgIpc) is 3.24. The number of benzene rings is 1. The van der Waals surface area contributed by atoms with Crippen molar-refractivity contribution in [2.24, 2.45) is 4.99 Å². The SMILES string of the molecule is O=C(O)c1c(NCCc2ccccc2)oc(C=C2C=Nc3ncccc32)c1O. The Balaban J connectivity index is 1.60. The van der Waals surface area contributed by atoms with Crippen molar-refractivity contribution in [3.05, 3.63) is 71.1 Å². The van der Waals surface area contributed by atoms with E-state index in [-0.39, 0.29) is 17.2 Å². The van der Waals surface area contributed by atoms with Gasteiger partial charge in [-0.05, 0) is 30.2 Å². The molecule has 1 aliphatic rings. The molecule has 3 N–H and O–H groups in total. The lowest BCUT2D eigenvalue weighted by Gasteiger charge is -2.04. The summed E-state index contributed by atoms with van der Waals surface area (Å²) in [5.41, 5.74) is 2.28. The molecular weight excluding hydrogens is 358 g/mol. The maximum Gasteiger partial charge on any atom is 0.345 e. The number of anilines is 1. The quantitative estimate of drug-likeness (QED) is 0.601. The third-order valence-electron chi connectivity index (χ3n) is 4.38. The number of nitrogens with one attached hydrogen (secondary N) is 1. The predicted molar refractivity (Wildman–Crippen MR) is 106 cm³/mol. The van der Waals surface area contributed by atoms with Crippen LogP contribution in [0.4, 0.5) is 11.7 Å². The number of aromatic hydroxyl groups is 1. The molecule has 2 aromatic heterocycles. The number of aliphatic imine (C=N–C) groups is 1. The molecule has 7 heteroatoms. The van der Waals surface area contributed by atoms with Gasteiger partial charge in [0.1, 0.15) is 0 Å². The first kappa shape index (κ1) is 17.5. The number of aromatic nitrogens is 1. The minimum atomic E-state index is -1.27. The summed E-state index contributed by atoms with van der Waals surface area (Å²) in [6.45, 7) is 0.460. The molecule has 0 fully saturated rings. The molecule has 3 aromatic rings. The van der Waals surface area contributed by atoms with Gasteiger partial charge in [0.05, 0.1) is 0 Å². The van der Waals surface area contributed by atoms with E-state index in [0.717, 1.165) is 11.1 Å². The molecular formula is C21H17N3O4. The number of hydrogen-bond donors (Lipinski definition) is 3. The second kappa shape index (κ2) is 7.40. The topological polar surface area (TPSA) is 108 Å². The maximum atomic E-state index is 11.6. The Kier molecular flexibility index (Phi) is 4.63. The third-order valence-corrected chi connectivity index (χ3v) is 4.38. The molecule has 0 bridgehead atoms. The van der Waals surface area contributed by atoms with Crippen molar-refractivity contribution in [1.29, 1.82) is 0 Å². The van der Waals surface area contributed by atoms with Gasteiger partial charge in [-0.3, -0.25) is 0 Å². The molecule has 0 amide bonds. The second-order valence-electron chi connectivity index (χ2n) is 6.22. The normalized spacial score (nSPS) is 13.6. The van der Waals surface area contributed by atoms with Gasteiger partial charge in [-0.2, -0.15) is 0 Å². The third kappa shape index (κ3) is 3.37. The first-order chi connectivity index (χ1) is 13.6. The first-order valence-electron chi connectivity index (χ1n) is 8.71. The van der Waals surface area contributed by atoms with Crippen LogP contribution >= 0.6 is 0 Å². The Hall–Kier alpha value is -3.87. The van der Waals surface area contributed by atoms with Crippen LogP contribution in [0.5, 0.6) is 5.75 Å². The van der Waals surface area contributed by atoms with Gasteiger partial charge in [-0.1, -0.05) is 30.3 Å². The molecule has 0 saturated carbocycles.